The van der Waals surface area contributed by atoms with Crippen LogP contribution in [-0.2, 0) is 13.5 Å². The summed E-state index contributed by atoms with van der Waals surface area (Å²) in [6.07, 6.45) is 4.36. The summed E-state index contributed by atoms with van der Waals surface area (Å²) >= 11 is -0.243. The van der Waals surface area contributed by atoms with Gasteiger partial charge in [0, 0.05) is 0 Å². The third-order valence-corrected chi connectivity index (χ3v) is 6.32. The van der Waals surface area contributed by atoms with E-state index in [1.807, 2.05) is 66.3 Å². The van der Waals surface area contributed by atoms with Crippen LogP contribution in [0.2, 0.25) is 0 Å². The van der Waals surface area contributed by atoms with E-state index in [-0.39, 0.29) is 19.6 Å². The van der Waals surface area contributed by atoms with Crippen LogP contribution < -0.4 is 4.46 Å². The van der Waals surface area contributed by atoms with Crippen LogP contribution in [0.3, 0.4) is 0 Å². The number of hydrogen-bond donors (Lipinski definition) is 0. The molecule has 0 N–H and O–H groups in total. The molecule has 0 atom stereocenters. The molecule has 0 aliphatic carbocycles. The number of pyridine rings is 1. The molecule has 0 fully saturated rings. The van der Waals surface area contributed by atoms with E-state index >= 15 is 0 Å². The van der Waals surface area contributed by atoms with Crippen molar-refractivity contribution in [2.45, 2.75) is 6.42 Å². The van der Waals surface area contributed by atoms with Gasteiger partial charge in [0.1, 0.15) is 0 Å². The Morgan fingerprint density at radius 2 is 1.77 bits per heavy atom. The van der Waals surface area contributed by atoms with Gasteiger partial charge in [-0.25, -0.2) is 0 Å². The molecular formula is C22H18N2OSe. The molecular weight excluding hydrogens is 387 g/mol. The minimum absolute atomic E-state index is 0.210. The van der Waals surface area contributed by atoms with Crippen LogP contribution in [0, 0.1) is 0 Å². The van der Waals surface area contributed by atoms with Gasteiger partial charge in [-0.2, -0.15) is 0 Å². The molecule has 26 heavy (non-hydrogen) atoms. The van der Waals surface area contributed by atoms with Crippen LogP contribution in [0.15, 0.2) is 79.1 Å². The number of carbonyl (C=O) groups is 1. The predicted molar refractivity (Wildman–Crippen MR) is 106 cm³/mol. The number of nitrogens with zero attached hydrogens (tertiary/aromatic N) is 2. The third-order valence-electron chi connectivity index (χ3n) is 4.46. The van der Waals surface area contributed by atoms with Crippen LogP contribution in [0.1, 0.15) is 21.6 Å². The molecule has 128 valence electrons. The molecule has 0 amide bonds. The number of aryl methyl sites for hydroxylation is 1. The van der Waals surface area contributed by atoms with E-state index in [4.69, 9.17) is 0 Å². The molecule has 0 unspecified atom stereocenters. The fraction of sp³-hybridized carbons (Fsp3) is 0.0909. The average molecular weight is 405 g/mol. The van der Waals surface area contributed by atoms with Crippen LogP contribution in [0.25, 0.3) is 10.9 Å². The van der Waals surface area contributed by atoms with Crippen molar-refractivity contribution >= 4 is 35.0 Å². The normalized spacial score (nSPS) is 11.0. The first-order valence-electron chi connectivity index (χ1n) is 8.46. The fourth-order valence-electron chi connectivity index (χ4n) is 3.26. The molecule has 2 aromatic heterocycles. The first-order chi connectivity index (χ1) is 12.7. The standard InChI is InChI=1S/C22H18N2OSe/c1-24-20-12-6-5-11-18(20)19(14-16-8-7-13-23-15-16)21(24)22(25)26-17-9-3-2-4-10-17/h2-13,15H,14H2,1H3. The number of aromatic nitrogens is 2. The van der Waals surface area contributed by atoms with E-state index in [9.17, 15) is 4.79 Å². The summed E-state index contributed by atoms with van der Waals surface area (Å²) in [6, 6.07) is 22.3. The minimum atomic E-state index is -0.243. The summed E-state index contributed by atoms with van der Waals surface area (Å²) in [5, 5.41) is 1.14. The van der Waals surface area contributed by atoms with Gasteiger partial charge in [0.25, 0.3) is 0 Å². The maximum absolute atomic E-state index is 13.2. The number of hydrogen-bond acceptors (Lipinski definition) is 2. The molecule has 0 saturated heterocycles. The van der Waals surface area contributed by atoms with E-state index in [2.05, 4.69) is 23.2 Å². The van der Waals surface area contributed by atoms with Gasteiger partial charge in [0.15, 0.2) is 0 Å². The molecule has 0 aliphatic heterocycles. The fourth-order valence-corrected chi connectivity index (χ4v) is 5.07. The van der Waals surface area contributed by atoms with E-state index in [0.29, 0.717) is 6.42 Å². The van der Waals surface area contributed by atoms with Crippen LogP contribution >= 0.6 is 0 Å². The molecule has 4 rings (SSSR count). The quantitative estimate of drug-likeness (QED) is 0.478. The van der Waals surface area contributed by atoms with Gasteiger partial charge < -0.3 is 0 Å². The van der Waals surface area contributed by atoms with Gasteiger partial charge >= 0.3 is 159 Å². The molecule has 0 aliphatic rings. The third kappa shape index (κ3) is 3.22. The molecule has 3 nitrogen and oxygen atoms in total. The van der Waals surface area contributed by atoms with Gasteiger partial charge in [0.2, 0.25) is 0 Å². The average Bonchev–Trinajstić information content (AvgIpc) is 2.96. The Balaban J connectivity index is 1.81. The van der Waals surface area contributed by atoms with Crippen LogP contribution in [-0.4, -0.2) is 29.2 Å². The number of rotatable bonds is 5. The van der Waals surface area contributed by atoms with Gasteiger partial charge in [-0.15, -0.1) is 0 Å². The predicted octanol–water partition coefficient (Wildman–Crippen LogP) is 3.33. The zero-order valence-corrected chi connectivity index (χ0v) is 16.1. The second-order valence-electron chi connectivity index (χ2n) is 6.14. The van der Waals surface area contributed by atoms with Crippen molar-refractivity contribution < 1.29 is 4.79 Å². The summed E-state index contributed by atoms with van der Waals surface area (Å²) in [5.41, 5.74) is 4.13. The van der Waals surface area contributed by atoms with Crippen molar-refractivity contribution in [1.29, 1.82) is 0 Å². The van der Waals surface area contributed by atoms with E-state index in [0.717, 1.165) is 32.2 Å². The molecule has 4 heteroatoms. The first-order valence-corrected chi connectivity index (χ1v) is 10.2. The number of benzene rings is 2. The molecule has 4 aromatic rings. The molecule has 0 saturated carbocycles. The number of fused-ring (bicyclic) bond motifs is 1. The topological polar surface area (TPSA) is 34.9 Å². The van der Waals surface area contributed by atoms with E-state index in [1.165, 1.54) is 0 Å². The Hall–Kier alpha value is -2.68. The van der Waals surface area contributed by atoms with Crippen molar-refractivity contribution in [3.05, 3.63) is 95.9 Å². The Morgan fingerprint density at radius 1 is 1.00 bits per heavy atom. The van der Waals surface area contributed by atoms with Gasteiger partial charge in [-0.3, -0.25) is 0 Å². The van der Waals surface area contributed by atoms with Crippen molar-refractivity contribution in [2.24, 2.45) is 7.05 Å². The van der Waals surface area contributed by atoms with Gasteiger partial charge in [-0.1, -0.05) is 0 Å². The summed E-state index contributed by atoms with van der Waals surface area (Å²) in [4.78, 5) is 17.4. The molecule has 2 aromatic carbocycles. The second-order valence-corrected chi connectivity index (χ2v) is 8.34. The van der Waals surface area contributed by atoms with Crippen molar-refractivity contribution in [3.8, 4) is 0 Å². The van der Waals surface area contributed by atoms with E-state index < -0.39 is 0 Å². The maximum atomic E-state index is 13.2. The Kier molecular flexibility index (Phi) is 4.70. The molecule has 0 radical (unpaired) electrons. The van der Waals surface area contributed by atoms with Crippen LogP contribution in [0.5, 0.6) is 0 Å². The summed E-state index contributed by atoms with van der Waals surface area (Å²) in [7, 11) is 1.99. The Morgan fingerprint density at radius 3 is 2.54 bits per heavy atom. The zero-order valence-electron chi connectivity index (χ0n) is 14.4. The van der Waals surface area contributed by atoms with Crippen LogP contribution in [0.4, 0.5) is 0 Å². The molecule has 0 bridgehead atoms. The van der Waals surface area contributed by atoms with E-state index in [1.54, 1.807) is 6.20 Å². The molecule has 2 heterocycles. The number of carbonyl (C=O) groups excluding carboxylic acids is 1. The monoisotopic (exact) mass is 406 g/mol. The number of para-hydroxylation sites is 1. The van der Waals surface area contributed by atoms with Crippen molar-refractivity contribution in [1.82, 2.24) is 9.55 Å². The van der Waals surface area contributed by atoms with Crippen molar-refractivity contribution in [2.75, 3.05) is 0 Å². The summed E-state index contributed by atoms with van der Waals surface area (Å²) < 4.78 is 3.36. The van der Waals surface area contributed by atoms with Gasteiger partial charge in [-0.05, 0) is 0 Å². The molecule has 0 spiro atoms. The summed E-state index contributed by atoms with van der Waals surface area (Å²) in [5.74, 6) is 0. The zero-order chi connectivity index (χ0) is 17.9. The van der Waals surface area contributed by atoms with Crippen molar-refractivity contribution in [3.63, 3.8) is 0 Å². The first kappa shape index (κ1) is 16.8. The Bertz CT molecular complexity index is 1060. The SMILES string of the molecule is Cn1c(C(=O)[Se]c2ccccc2)c(Cc2cccnc2)c2ccccc21. The van der Waals surface area contributed by atoms with Gasteiger partial charge in [0.05, 0.1) is 0 Å². The second kappa shape index (κ2) is 7.28. The summed E-state index contributed by atoms with van der Waals surface area (Å²) in [6.45, 7) is 0. The Labute approximate surface area is 158 Å².